The maximum absolute atomic E-state index is 13.9. The first-order valence-corrected chi connectivity index (χ1v) is 19.5. The normalized spacial score (nSPS) is 14.2. The van der Waals surface area contributed by atoms with E-state index in [2.05, 4.69) is 25.8 Å². The van der Waals surface area contributed by atoms with Gasteiger partial charge in [-0.05, 0) is 58.6 Å². The number of hydrogen-bond donors (Lipinski definition) is 3. The topological polar surface area (TPSA) is 129 Å². The van der Waals surface area contributed by atoms with Crippen molar-refractivity contribution in [3.05, 3.63) is 96.2 Å². The molecule has 0 saturated carbocycles. The highest BCUT2D eigenvalue weighted by molar-refractivity contribution is 7.90. The minimum Gasteiger partial charge on any atom is -0.612 e. The minimum absolute atomic E-state index is 0.0801. The van der Waals surface area contributed by atoms with E-state index in [1.165, 1.54) is 19.4 Å². The molecule has 1 aliphatic rings. The van der Waals surface area contributed by atoms with E-state index in [9.17, 15) is 22.5 Å². The second kappa shape index (κ2) is 17.3. The van der Waals surface area contributed by atoms with Crippen LogP contribution in [-0.2, 0) is 27.5 Å². The van der Waals surface area contributed by atoms with E-state index in [0.717, 1.165) is 30.8 Å². The van der Waals surface area contributed by atoms with Crippen molar-refractivity contribution in [2.75, 3.05) is 68.8 Å². The lowest BCUT2D eigenvalue weighted by molar-refractivity contribution is -0.137. The van der Waals surface area contributed by atoms with Crippen molar-refractivity contribution in [2.24, 2.45) is 0 Å². The Morgan fingerprint density at radius 3 is 2.34 bits per heavy atom. The fraction of sp³-hybridized carbons (Fsp3) is 0.317. The number of pyridine rings is 1. The van der Waals surface area contributed by atoms with Crippen LogP contribution in [0, 0.1) is 0 Å². The van der Waals surface area contributed by atoms with E-state index in [-0.39, 0.29) is 29.3 Å². The molecule has 56 heavy (non-hydrogen) atoms. The van der Waals surface area contributed by atoms with Crippen LogP contribution in [0.2, 0.25) is 0 Å². The Bertz CT molecular complexity index is 2170. The molecule has 0 aliphatic carbocycles. The summed E-state index contributed by atoms with van der Waals surface area (Å²) in [5.41, 5.74) is 0.762. The molecular formula is C41H44F3N5O6S. The largest absolute Gasteiger partial charge is 0.612 e. The van der Waals surface area contributed by atoms with E-state index in [4.69, 9.17) is 18.9 Å². The molecule has 0 spiro atoms. The summed E-state index contributed by atoms with van der Waals surface area (Å²) < 4.78 is 77.2. The Morgan fingerprint density at radius 2 is 1.64 bits per heavy atom. The molecule has 0 bridgehead atoms. The summed E-state index contributed by atoms with van der Waals surface area (Å²) in [7, 11) is 1.46. The molecular weight excluding hydrogens is 748 g/mol. The molecule has 1 unspecified atom stereocenters. The maximum Gasteiger partial charge on any atom is 0.416 e. The zero-order valence-corrected chi connectivity index (χ0v) is 32.5. The van der Waals surface area contributed by atoms with Gasteiger partial charge in [0.25, 0.3) is 0 Å². The molecule has 2 heterocycles. The number of aromatic nitrogens is 1. The number of methoxy groups -OCH3 is 1. The van der Waals surface area contributed by atoms with Gasteiger partial charge in [-0.1, -0.05) is 45.0 Å². The van der Waals surface area contributed by atoms with Crippen molar-refractivity contribution < 1.29 is 41.5 Å². The van der Waals surface area contributed by atoms with Crippen LogP contribution in [0.3, 0.4) is 0 Å². The van der Waals surface area contributed by atoms with Gasteiger partial charge >= 0.3 is 12.2 Å². The first kappa shape index (κ1) is 40.4. The van der Waals surface area contributed by atoms with E-state index in [0.29, 0.717) is 64.0 Å². The molecule has 2 amide bonds. The fourth-order valence-corrected chi connectivity index (χ4v) is 6.90. The third-order valence-electron chi connectivity index (χ3n) is 9.06. The predicted octanol–water partition coefficient (Wildman–Crippen LogP) is 9.19. The molecule has 6 rings (SSSR count). The molecule has 296 valence electrons. The standard InChI is InChI=1S/C41H44F3N5O6S/c1-40(2,3)26-22-34(38(52-4)36(23-26)56(5)51)48-39(50)47-33-10-11-35(32-9-7-6-8-31(32)33)55-29-12-13-45-37(25-29)46-28-20-27(41(42,43)44)21-30(24-28)54-19-16-49-14-17-53-18-15-49/h6-13,20-25H,14-19H2,1-5H3,(H,45,46)(H2,47,48,50). The Labute approximate surface area is 326 Å². The highest BCUT2D eigenvalue weighted by Crippen LogP contribution is 2.40. The minimum atomic E-state index is -4.59. The summed E-state index contributed by atoms with van der Waals surface area (Å²) >= 11 is -1.38. The number of fused-ring (bicyclic) bond motifs is 1. The van der Waals surface area contributed by atoms with E-state index >= 15 is 0 Å². The number of carbonyl (C=O) groups is 1. The molecule has 11 nitrogen and oxygen atoms in total. The number of amides is 2. The number of anilines is 4. The van der Waals surface area contributed by atoms with Gasteiger partial charge in [0.05, 0.1) is 37.3 Å². The van der Waals surface area contributed by atoms with Crippen molar-refractivity contribution in [1.82, 2.24) is 9.88 Å². The van der Waals surface area contributed by atoms with Gasteiger partial charge in [-0.25, -0.2) is 9.78 Å². The summed E-state index contributed by atoms with van der Waals surface area (Å²) in [6, 6.07) is 20.6. The van der Waals surface area contributed by atoms with Crippen molar-refractivity contribution in [3.8, 4) is 23.0 Å². The van der Waals surface area contributed by atoms with Crippen LogP contribution < -0.4 is 30.2 Å². The van der Waals surface area contributed by atoms with Crippen molar-refractivity contribution in [2.45, 2.75) is 37.3 Å². The third-order valence-corrected chi connectivity index (χ3v) is 9.98. The van der Waals surface area contributed by atoms with Gasteiger partial charge in [-0.3, -0.25) is 4.90 Å². The third kappa shape index (κ3) is 10.1. The quantitative estimate of drug-likeness (QED) is 0.106. The van der Waals surface area contributed by atoms with Crippen LogP contribution in [-0.4, -0.2) is 73.3 Å². The zero-order valence-electron chi connectivity index (χ0n) is 31.7. The van der Waals surface area contributed by atoms with Gasteiger partial charge in [0, 0.05) is 60.5 Å². The van der Waals surface area contributed by atoms with Crippen molar-refractivity contribution in [1.29, 1.82) is 0 Å². The molecule has 0 radical (unpaired) electrons. The van der Waals surface area contributed by atoms with Gasteiger partial charge in [0.2, 0.25) is 0 Å². The summed E-state index contributed by atoms with van der Waals surface area (Å²) in [6.07, 6.45) is -1.55. The van der Waals surface area contributed by atoms with Gasteiger partial charge in [-0.2, -0.15) is 13.2 Å². The van der Waals surface area contributed by atoms with Crippen LogP contribution in [0.5, 0.6) is 23.0 Å². The number of nitrogens with zero attached hydrogens (tertiary/aromatic N) is 2. The molecule has 15 heteroatoms. The first-order chi connectivity index (χ1) is 26.7. The second-order valence-corrected chi connectivity index (χ2v) is 15.5. The summed E-state index contributed by atoms with van der Waals surface area (Å²) in [5, 5.41) is 10.1. The molecule has 4 aromatic carbocycles. The van der Waals surface area contributed by atoms with Gasteiger partial charge in [0.1, 0.15) is 35.9 Å². The van der Waals surface area contributed by atoms with Crippen LogP contribution in [0.15, 0.2) is 90.0 Å². The average molecular weight is 792 g/mol. The Kier molecular flexibility index (Phi) is 12.5. The lowest BCUT2D eigenvalue weighted by Crippen LogP contribution is -2.38. The molecule has 3 N–H and O–H groups in total. The SMILES string of the molecule is COc1c(NC(=O)Nc2ccc(Oc3ccnc(Nc4cc(OCCN5CCOCC5)cc(C(F)(F)F)c4)c3)c3ccccc23)cc(C(C)(C)C)cc1[S+](C)[O-]. The highest BCUT2D eigenvalue weighted by atomic mass is 32.2. The summed E-state index contributed by atoms with van der Waals surface area (Å²) in [5.74, 6) is 1.48. The van der Waals surface area contributed by atoms with Crippen molar-refractivity contribution in [3.63, 3.8) is 0 Å². The number of halogens is 3. The predicted molar refractivity (Wildman–Crippen MR) is 212 cm³/mol. The van der Waals surface area contributed by atoms with Crippen molar-refractivity contribution >= 4 is 50.9 Å². The zero-order chi connectivity index (χ0) is 40.0. The first-order valence-electron chi connectivity index (χ1n) is 17.9. The molecule has 1 saturated heterocycles. The molecule has 5 aromatic rings. The van der Waals surface area contributed by atoms with Gasteiger partial charge < -0.3 is 39.5 Å². The summed E-state index contributed by atoms with van der Waals surface area (Å²) in [6.45, 7) is 9.57. The van der Waals surface area contributed by atoms with Gasteiger partial charge in [0.15, 0.2) is 10.6 Å². The Hall–Kier alpha value is -5.22. The smallest absolute Gasteiger partial charge is 0.416 e. The molecule has 1 aromatic heterocycles. The van der Waals surface area contributed by atoms with E-state index in [1.807, 2.05) is 57.2 Å². The number of carbonyl (C=O) groups excluding carboxylic acids is 1. The highest BCUT2D eigenvalue weighted by Gasteiger charge is 2.32. The van der Waals surface area contributed by atoms with Crippen LogP contribution >= 0.6 is 0 Å². The number of urea groups is 1. The molecule has 1 aliphatic heterocycles. The number of nitrogens with one attached hydrogen (secondary N) is 3. The van der Waals surface area contributed by atoms with E-state index in [1.54, 1.807) is 30.5 Å². The number of alkyl halides is 3. The molecule has 1 fully saturated rings. The monoisotopic (exact) mass is 791 g/mol. The number of benzene rings is 4. The lowest BCUT2D eigenvalue weighted by Gasteiger charge is -2.26. The number of hydrogen-bond acceptors (Lipinski definition) is 9. The fourth-order valence-electron chi connectivity index (χ4n) is 6.15. The number of morpholine rings is 1. The van der Waals surface area contributed by atoms with E-state index < -0.39 is 28.9 Å². The Morgan fingerprint density at radius 1 is 0.911 bits per heavy atom. The van der Waals surface area contributed by atoms with Gasteiger partial charge in [-0.15, -0.1) is 0 Å². The average Bonchev–Trinajstić information content (AvgIpc) is 3.15. The Balaban J connectivity index is 1.19. The summed E-state index contributed by atoms with van der Waals surface area (Å²) in [4.78, 5) is 20.3. The lowest BCUT2D eigenvalue weighted by atomic mass is 9.86. The molecule has 1 atom stereocenters. The number of ether oxygens (including phenoxy) is 4. The van der Waals surface area contributed by atoms with Crippen LogP contribution in [0.1, 0.15) is 31.9 Å². The van der Waals surface area contributed by atoms with Crippen LogP contribution in [0.25, 0.3) is 10.8 Å². The van der Waals surface area contributed by atoms with Crippen LogP contribution in [0.4, 0.5) is 40.8 Å². The number of rotatable bonds is 12. The maximum atomic E-state index is 13.9. The second-order valence-electron chi connectivity index (χ2n) is 14.1.